The number of esters is 2. The minimum atomic E-state index is -0.350. The summed E-state index contributed by atoms with van der Waals surface area (Å²) < 4.78 is 9.17. The van der Waals surface area contributed by atoms with Gasteiger partial charge in [0, 0.05) is 9.92 Å². The largest absolute Gasteiger partial charge is 0.469 e. The van der Waals surface area contributed by atoms with Crippen molar-refractivity contribution < 1.29 is 19.1 Å². The van der Waals surface area contributed by atoms with Gasteiger partial charge in [0.25, 0.3) is 0 Å². The summed E-state index contributed by atoms with van der Waals surface area (Å²) in [5.41, 5.74) is 0.739. The van der Waals surface area contributed by atoms with E-state index in [0.29, 0.717) is 5.02 Å². The first-order valence-corrected chi connectivity index (χ1v) is 6.48. The Kier molecular flexibility index (Phi) is 6.01. The predicted molar refractivity (Wildman–Crippen MR) is 69.9 cm³/mol. The SMILES string of the molecule is COC(=O)CSc1ccc(Cl)cc1CC(=O)OC. The minimum Gasteiger partial charge on any atom is -0.469 e. The van der Waals surface area contributed by atoms with E-state index in [0.717, 1.165) is 10.5 Å². The van der Waals surface area contributed by atoms with Crippen LogP contribution in [0.4, 0.5) is 0 Å². The molecular weight excluding hydrogens is 276 g/mol. The van der Waals surface area contributed by atoms with Gasteiger partial charge in [-0.25, -0.2) is 0 Å². The first-order chi connectivity index (χ1) is 8.56. The van der Waals surface area contributed by atoms with Crippen LogP contribution in [0.3, 0.4) is 0 Å². The second-order valence-corrected chi connectivity index (χ2v) is 4.82. The summed E-state index contributed by atoms with van der Waals surface area (Å²) in [5.74, 6) is -0.483. The van der Waals surface area contributed by atoms with Crippen LogP contribution >= 0.6 is 23.4 Å². The molecule has 18 heavy (non-hydrogen) atoms. The molecule has 0 spiro atoms. The van der Waals surface area contributed by atoms with Gasteiger partial charge in [-0.2, -0.15) is 0 Å². The molecule has 0 aliphatic rings. The number of hydrogen-bond donors (Lipinski definition) is 0. The summed E-state index contributed by atoms with van der Waals surface area (Å²) >= 11 is 7.18. The first-order valence-electron chi connectivity index (χ1n) is 5.11. The van der Waals surface area contributed by atoms with Crippen molar-refractivity contribution in [1.29, 1.82) is 0 Å². The van der Waals surface area contributed by atoms with Gasteiger partial charge in [-0.05, 0) is 23.8 Å². The number of carbonyl (C=O) groups is 2. The molecule has 0 saturated carbocycles. The smallest absolute Gasteiger partial charge is 0.315 e. The van der Waals surface area contributed by atoms with Gasteiger partial charge in [-0.1, -0.05) is 11.6 Å². The Hall–Kier alpha value is -1.20. The van der Waals surface area contributed by atoms with E-state index < -0.39 is 0 Å². The molecule has 98 valence electrons. The van der Waals surface area contributed by atoms with Gasteiger partial charge in [-0.15, -0.1) is 11.8 Å². The standard InChI is InChI=1S/C12H13ClO4S/c1-16-11(14)6-8-5-9(13)3-4-10(8)18-7-12(15)17-2/h3-5H,6-7H2,1-2H3. The quantitative estimate of drug-likeness (QED) is 0.615. The highest BCUT2D eigenvalue weighted by Crippen LogP contribution is 2.26. The van der Waals surface area contributed by atoms with E-state index in [2.05, 4.69) is 9.47 Å². The van der Waals surface area contributed by atoms with Crippen LogP contribution in [0.25, 0.3) is 0 Å². The molecule has 0 amide bonds. The third kappa shape index (κ3) is 4.58. The second-order valence-electron chi connectivity index (χ2n) is 3.37. The molecule has 0 bridgehead atoms. The second kappa shape index (κ2) is 7.28. The number of thioether (sulfide) groups is 1. The molecule has 0 atom stereocenters. The maximum atomic E-state index is 11.3. The molecule has 1 aromatic carbocycles. The molecule has 4 nitrogen and oxygen atoms in total. The third-order valence-electron chi connectivity index (χ3n) is 2.16. The van der Waals surface area contributed by atoms with E-state index in [1.807, 2.05) is 0 Å². The fraction of sp³-hybridized carbons (Fsp3) is 0.333. The minimum absolute atomic E-state index is 0.126. The van der Waals surface area contributed by atoms with Crippen molar-refractivity contribution >= 4 is 35.3 Å². The van der Waals surface area contributed by atoms with Crippen molar-refractivity contribution in [2.75, 3.05) is 20.0 Å². The Morgan fingerprint density at radius 3 is 2.50 bits per heavy atom. The Balaban J connectivity index is 2.82. The average Bonchev–Trinajstić information content (AvgIpc) is 2.37. The van der Waals surface area contributed by atoms with Crippen LogP contribution in [0.15, 0.2) is 23.1 Å². The lowest BCUT2D eigenvalue weighted by Crippen LogP contribution is -2.07. The van der Waals surface area contributed by atoms with E-state index in [9.17, 15) is 9.59 Å². The van der Waals surface area contributed by atoms with Crippen LogP contribution in [0.5, 0.6) is 0 Å². The fourth-order valence-corrected chi connectivity index (χ4v) is 2.32. The Morgan fingerprint density at radius 1 is 1.22 bits per heavy atom. The first kappa shape index (κ1) is 14.9. The van der Waals surface area contributed by atoms with Crippen molar-refractivity contribution in [2.45, 2.75) is 11.3 Å². The number of hydrogen-bond acceptors (Lipinski definition) is 5. The van der Waals surface area contributed by atoms with E-state index in [1.54, 1.807) is 18.2 Å². The van der Waals surface area contributed by atoms with Crippen molar-refractivity contribution in [2.24, 2.45) is 0 Å². The molecule has 1 aromatic rings. The topological polar surface area (TPSA) is 52.6 Å². The molecule has 0 fully saturated rings. The predicted octanol–water partition coefficient (Wildman–Crippen LogP) is 2.32. The number of halogens is 1. The van der Waals surface area contributed by atoms with Gasteiger partial charge in [0.15, 0.2) is 0 Å². The van der Waals surface area contributed by atoms with Crippen LogP contribution < -0.4 is 0 Å². The maximum absolute atomic E-state index is 11.3. The van der Waals surface area contributed by atoms with Gasteiger partial charge in [-0.3, -0.25) is 9.59 Å². The van der Waals surface area contributed by atoms with Crippen LogP contribution in [0.2, 0.25) is 5.02 Å². The van der Waals surface area contributed by atoms with Gasteiger partial charge in [0.05, 0.1) is 26.4 Å². The number of benzene rings is 1. The summed E-state index contributed by atoms with van der Waals surface area (Å²) in [5, 5.41) is 0.538. The molecule has 1 rings (SSSR count). The lowest BCUT2D eigenvalue weighted by molar-refractivity contribution is -0.140. The van der Waals surface area contributed by atoms with Crippen molar-refractivity contribution in [3.8, 4) is 0 Å². The van der Waals surface area contributed by atoms with E-state index in [-0.39, 0.29) is 24.1 Å². The molecular formula is C12H13ClO4S. The van der Waals surface area contributed by atoms with Crippen LogP contribution in [-0.4, -0.2) is 31.9 Å². The Labute approximate surface area is 115 Å². The number of methoxy groups -OCH3 is 2. The van der Waals surface area contributed by atoms with E-state index >= 15 is 0 Å². The van der Waals surface area contributed by atoms with E-state index in [4.69, 9.17) is 11.6 Å². The van der Waals surface area contributed by atoms with Crippen LogP contribution in [0, 0.1) is 0 Å². The molecule has 0 aliphatic heterocycles. The zero-order valence-corrected chi connectivity index (χ0v) is 11.6. The van der Waals surface area contributed by atoms with E-state index in [1.165, 1.54) is 26.0 Å². The average molecular weight is 289 g/mol. The van der Waals surface area contributed by atoms with Gasteiger partial charge >= 0.3 is 11.9 Å². The monoisotopic (exact) mass is 288 g/mol. The molecule has 0 aliphatic carbocycles. The maximum Gasteiger partial charge on any atom is 0.315 e. The zero-order valence-electron chi connectivity index (χ0n) is 10.1. The summed E-state index contributed by atoms with van der Waals surface area (Å²) in [4.78, 5) is 23.2. The van der Waals surface area contributed by atoms with Crippen molar-refractivity contribution in [1.82, 2.24) is 0 Å². The third-order valence-corrected chi connectivity index (χ3v) is 3.48. The highest BCUT2D eigenvalue weighted by molar-refractivity contribution is 8.00. The fourth-order valence-electron chi connectivity index (χ4n) is 1.25. The summed E-state index contributed by atoms with van der Waals surface area (Å²) in [6.07, 6.45) is 0.126. The van der Waals surface area contributed by atoms with Gasteiger partial charge in [0.1, 0.15) is 0 Å². The van der Waals surface area contributed by atoms with Crippen molar-refractivity contribution in [3.63, 3.8) is 0 Å². The zero-order chi connectivity index (χ0) is 13.5. The Bertz CT molecular complexity index is 448. The molecule has 0 aromatic heterocycles. The lowest BCUT2D eigenvalue weighted by Gasteiger charge is -2.08. The Morgan fingerprint density at radius 2 is 1.89 bits per heavy atom. The van der Waals surface area contributed by atoms with Gasteiger partial charge < -0.3 is 9.47 Å². The highest BCUT2D eigenvalue weighted by Gasteiger charge is 2.11. The molecule has 0 saturated heterocycles. The molecule has 0 heterocycles. The highest BCUT2D eigenvalue weighted by atomic mass is 35.5. The number of rotatable bonds is 5. The molecule has 0 unspecified atom stereocenters. The normalized spacial score (nSPS) is 9.94. The molecule has 0 radical (unpaired) electrons. The summed E-state index contributed by atoms with van der Waals surface area (Å²) in [6.45, 7) is 0. The van der Waals surface area contributed by atoms with Crippen LogP contribution in [0.1, 0.15) is 5.56 Å². The summed E-state index contributed by atoms with van der Waals surface area (Å²) in [6, 6.07) is 5.17. The lowest BCUT2D eigenvalue weighted by atomic mass is 10.1. The van der Waals surface area contributed by atoms with Crippen molar-refractivity contribution in [3.05, 3.63) is 28.8 Å². The van der Waals surface area contributed by atoms with Gasteiger partial charge in [0.2, 0.25) is 0 Å². The molecule has 6 heteroatoms. The van der Waals surface area contributed by atoms with Crippen LogP contribution in [-0.2, 0) is 25.5 Å². The summed E-state index contributed by atoms with van der Waals surface area (Å²) in [7, 11) is 2.66. The molecule has 0 N–H and O–H groups in total. The number of ether oxygens (including phenoxy) is 2. The number of carbonyl (C=O) groups excluding carboxylic acids is 2.